The summed E-state index contributed by atoms with van der Waals surface area (Å²) in [5.74, 6) is 2.66. The van der Waals surface area contributed by atoms with Crippen LogP contribution in [0, 0.1) is 12.8 Å². The number of nitrogens with one attached hydrogen (secondary N) is 2. The number of guanidine groups is 1. The van der Waals surface area contributed by atoms with E-state index in [0.717, 1.165) is 36.8 Å². The van der Waals surface area contributed by atoms with Crippen LogP contribution in [0.1, 0.15) is 36.5 Å². The van der Waals surface area contributed by atoms with E-state index in [-0.39, 0.29) is 0 Å². The molecule has 0 spiro atoms. The Labute approximate surface area is 163 Å². The minimum atomic E-state index is 0.388. The third-order valence-electron chi connectivity index (χ3n) is 4.81. The topological polar surface area (TPSA) is 58.5 Å². The predicted octanol–water partition coefficient (Wildman–Crippen LogP) is 3.55. The number of ether oxygens (including phenoxy) is 1. The van der Waals surface area contributed by atoms with Crippen molar-refractivity contribution < 1.29 is 4.74 Å². The standard InChI is InChI=1S/C22H32N4O/c1-16(2)20(19-7-6-11-24-14-19)15-26-22(23-4)25-12-10-18-9-8-17(3)21(13-18)27-5/h6-9,11,13-14,16,20H,10,12,15H2,1-5H3,(H2,23,25,26). The molecule has 0 aliphatic carbocycles. The number of aryl methyl sites for hydroxylation is 1. The molecule has 2 aromatic rings. The van der Waals surface area contributed by atoms with Gasteiger partial charge in [-0.15, -0.1) is 0 Å². The van der Waals surface area contributed by atoms with Gasteiger partial charge in [0.1, 0.15) is 5.75 Å². The first-order valence-electron chi connectivity index (χ1n) is 9.53. The Bertz CT molecular complexity index is 728. The van der Waals surface area contributed by atoms with Gasteiger partial charge < -0.3 is 15.4 Å². The zero-order valence-corrected chi connectivity index (χ0v) is 17.1. The molecule has 1 unspecified atom stereocenters. The maximum absolute atomic E-state index is 5.40. The number of benzene rings is 1. The number of rotatable bonds is 8. The number of aliphatic imine (C=N–C) groups is 1. The molecule has 1 aromatic heterocycles. The highest BCUT2D eigenvalue weighted by Gasteiger charge is 2.16. The first-order chi connectivity index (χ1) is 13.0. The molecule has 1 atom stereocenters. The summed E-state index contributed by atoms with van der Waals surface area (Å²) in [7, 11) is 3.52. The van der Waals surface area contributed by atoms with Crippen molar-refractivity contribution >= 4 is 5.96 Å². The predicted molar refractivity (Wildman–Crippen MR) is 113 cm³/mol. The van der Waals surface area contributed by atoms with Gasteiger partial charge in [0.05, 0.1) is 7.11 Å². The van der Waals surface area contributed by atoms with E-state index in [1.54, 1.807) is 14.2 Å². The maximum atomic E-state index is 5.40. The first kappa shape index (κ1) is 20.7. The Balaban J connectivity index is 1.86. The number of nitrogens with zero attached hydrogens (tertiary/aromatic N) is 2. The van der Waals surface area contributed by atoms with Crippen molar-refractivity contribution in [2.45, 2.75) is 33.1 Å². The second kappa shape index (κ2) is 10.6. The van der Waals surface area contributed by atoms with Gasteiger partial charge in [0, 0.05) is 38.4 Å². The molecule has 0 saturated heterocycles. The summed E-state index contributed by atoms with van der Waals surface area (Å²) < 4.78 is 5.40. The highest BCUT2D eigenvalue weighted by Crippen LogP contribution is 2.22. The van der Waals surface area contributed by atoms with Gasteiger partial charge in [0.25, 0.3) is 0 Å². The van der Waals surface area contributed by atoms with Crippen LogP contribution in [0.5, 0.6) is 5.75 Å². The van der Waals surface area contributed by atoms with Crippen LogP contribution in [0.2, 0.25) is 0 Å². The molecular formula is C22H32N4O. The van der Waals surface area contributed by atoms with Gasteiger partial charge in [0.15, 0.2) is 5.96 Å². The Morgan fingerprint density at radius 2 is 2.04 bits per heavy atom. The van der Waals surface area contributed by atoms with E-state index in [0.29, 0.717) is 11.8 Å². The molecule has 1 heterocycles. The molecule has 1 aromatic carbocycles. The lowest BCUT2D eigenvalue weighted by Crippen LogP contribution is -2.40. The number of methoxy groups -OCH3 is 1. The van der Waals surface area contributed by atoms with Gasteiger partial charge >= 0.3 is 0 Å². The van der Waals surface area contributed by atoms with E-state index in [4.69, 9.17) is 4.74 Å². The molecule has 0 saturated carbocycles. The summed E-state index contributed by atoms with van der Waals surface area (Å²) in [4.78, 5) is 8.60. The smallest absolute Gasteiger partial charge is 0.191 e. The molecule has 27 heavy (non-hydrogen) atoms. The fourth-order valence-corrected chi connectivity index (χ4v) is 3.11. The van der Waals surface area contributed by atoms with Gasteiger partial charge in [-0.1, -0.05) is 32.0 Å². The minimum Gasteiger partial charge on any atom is -0.496 e. The molecule has 5 heteroatoms. The van der Waals surface area contributed by atoms with Crippen molar-refractivity contribution in [1.82, 2.24) is 15.6 Å². The van der Waals surface area contributed by atoms with Crippen molar-refractivity contribution in [1.29, 1.82) is 0 Å². The third kappa shape index (κ3) is 6.27. The highest BCUT2D eigenvalue weighted by atomic mass is 16.5. The minimum absolute atomic E-state index is 0.388. The summed E-state index contributed by atoms with van der Waals surface area (Å²) in [6.45, 7) is 8.16. The number of pyridine rings is 1. The quantitative estimate of drug-likeness (QED) is 0.553. The Hall–Kier alpha value is -2.56. The summed E-state index contributed by atoms with van der Waals surface area (Å²) >= 11 is 0. The summed E-state index contributed by atoms with van der Waals surface area (Å²) in [6.07, 6.45) is 4.68. The lowest BCUT2D eigenvalue weighted by atomic mass is 9.89. The van der Waals surface area contributed by atoms with Crippen molar-refractivity contribution in [3.05, 3.63) is 59.4 Å². The fraction of sp³-hybridized carbons (Fsp3) is 0.455. The Morgan fingerprint density at radius 1 is 1.22 bits per heavy atom. The molecule has 0 fully saturated rings. The van der Waals surface area contributed by atoms with Crippen LogP contribution in [-0.2, 0) is 6.42 Å². The molecular weight excluding hydrogens is 336 g/mol. The fourth-order valence-electron chi connectivity index (χ4n) is 3.11. The van der Waals surface area contributed by atoms with Crippen LogP contribution in [0.4, 0.5) is 0 Å². The van der Waals surface area contributed by atoms with Crippen molar-refractivity contribution in [2.24, 2.45) is 10.9 Å². The van der Waals surface area contributed by atoms with Gasteiger partial charge in [0.2, 0.25) is 0 Å². The van der Waals surface area contributed by atoms with E-state index >= 15 is 0 Å². The molecule has 5 nitrogen and oxygen atoms in total. The average molecular weight is 369 g/mol. The van der Waals surface area contributed by atoms with Crippen molar-refractivity contribution in [3.8, 4) is 5.75 Å². The molecule has 0 aliphatic rings. The van der Waals surface area contributed by atoms with E-state index in [1.165, 1.54) is 11.1 Å². The molecule has 0 aliphatic heterocycles. The van der Waals surface area contributed by atoms with Crippen LogP contribution in [0.3, 0.4) is 0 Å². The highest BCUT2D eigenvalue weighted by molar-refractivity contribution is 5.79. The van der Waals surface area contributed by atoms with Gasteiger partial charge in [-0.25, -0.2) is 0 Å². The van der Waals surface area contributed by atoms with E-state index in [2.05, 4.69) is 65.6 Å². The van der Waals surface area contributed by atoms with Crippen LogP contribution < -0.4 is 15.4 Å². The normalized spacial score (nSPS) is 12.7. The van der Waals surface area contributed by atoms with Gasteiger partial charge in [-0.05, 0) is 48.1 Å². The van der Waals surface area contributed by atoms with E-state index in [1.807, 2.05) is 18.5 Å². The monoisotopic (exact) mass is 368 g/mol. The van der Waals surface area contributed by atoms with Crippen LogP contribution >= 0.6 is 0 Å². The van der Waals surface area contributed by atoms with Gasteiger partial charge in [-0.2, -0.15) is 0 Å². The lowest BCUT2D eigenvalue weighted by Gasteiger charge is -2.23. The molecule has 146 valence electrons. The molecule has 0 radical (unpaired) electrons. The molecule has 2 N–H and O–H groups in total. The molecule has 0 bridgehead atoms. The first-order valence-corrected chi connectivity index (χ1v) is 9.53. The number of hydrogen-bond donors (Lipinski definition) is 2. The largest absolute Gasteiger partial charge is 0.496 e. The summed E-state index contributed by atoms with van der Waals surface area (Å²) in [5.41, 5.74) is 3.65. The van der Waals surface area contributed by atoms with Crippen LogP contribution in [0.15, 0.2) is 47.7 Å². The zero-order chi connectivity index (χ0) is 19.6. The van der Waals surface area contributed by atoms with Crippen molar-refractivity contribution in [3.63, 3.8) is 0 Å². The third-order valence-corrected chi connectivity index (χ3v) is 4.81. The molecule has 0 amide bonds. The average Bonchev–Trinajstić information content (AvgIpc) is 2.68. The summed E-state index contributed by atoms with van der Waals surface area (Å²) in [5, 5.41) is 6.85. The zero-order valence-electron chi connectivity index (χ0n) is 17.1. The number of aromatic nitrogens is 1. The second-order valence-electron chi connectivity index (χ2n) is 7.07. The SMILES string of the molecule is CN=C(NCCc1ccc(C)c(OC)c1)NCC(c1cccnc1)C(C)C. The Morgan fingerprint density at radius 3 is 2.67 bits per heavy atom. The van der Waals surface area contributed by atoms with Crippen molar-refractivity contribution in [2.75, 3.05) is 27.2 Å². The maximum Gasteiger partial charge on any atom is 0.191 e. The second-order valence-corrected chi connectivity index (χ2v) is 7.07. The van der Waals surface area contributed by atoms with Gasteiger partial charge in [-0.3, -0.25) is 9.98 Å². The number of hydrogen-bond acceptors (Lipinski definition) is 3. The van der Waals surface area contributed by atoms with E-state index in [9.17, 15) is 0 Å². The van der Waals surface area contributed by atoms with Crippen LogP contribution in [0.25, 0.3) is 0 Å². The Kier molecular flexibility index (Phi) is 8.11. The van der Waals surface area contributed by atoms with E-state index < -0.39 is 0 Å². The molecule has 2 rings (SSSR count). The summed E-state index contributed by atoms with van der Waals surface area (Å²) in [6, 6.07) is 10.5. The van der Waals surface area contributed by atoms with Crippen LogP contribution in [-0.4, -0.2) is 38.2 Å². The lowest BCUT2D eigenvalue weighted by molar-refractivity contribution is 0.411.